The highest BCUT2D eigenvalue weighted by atomic mass is 16.1. The number of hydrogen-bond acceptors (Lipinski definition) is 2. The van der Waals surface area contributed by atoms with Crippen molar-refractivity contribution in [2.24, 2.45) is 5.41 Å². The highest BCUT2D eigenvalue weighted by Gasteiger charge is 2.11. The molecule has 17 heavy (non-hydrogen) atoms. The van der Waals surface area contributed by atoms with Crippen molar-refractivity contribution >= 4 is 5.91 Å². The molecule has 0 aliphatic carbocycles. The van der Waals surface area contributed by atoms with E-state index in [1.807, 2.05) is 0 Å². The van der Waals surface area contributed by atoms with Gasteiger partial charge in [0, 0.05) is 19.5 Å². The van der Waals surface area contributed by atoms with Crippen molar-refractivity contribution in [2.75, 3.05) is 19.6 Å². The van der Waals surface area contributed by atoms with Crippen LogP contribution in [-0.2, 0) is 4.79 Å². The monoisotopic (exact) mass is 238 g/mol. The van der Waals surface area contributed by atoms with E-state index in [9.17, 15) is 4.79 Å². The topological polar surface area (TPSA) is 41.1 Å². The molecule has 3 nitrogen and oxygen atoms in total. The minimum absolute atomic E-state index is 0.189. The maximum absolute atomic E-state index is 11.6. The molecule has 98 valence electrons. The van der Waals surface area contributed by atoms with Gasteiger partial charge in [-0.25, -0.2) is 0 Å². The molecule has 0 aromatic heterocycles. The molecule has 2 N–H and O–H groups in total. The molecule has 0 bridgehead atoms. The molecule has 1 heterocycles. The molecule has 1 aliphatic rings. The van der Waals surface area contributed by atoms with Crippen LogP contribution in [0.25, 0.3) is 0 Å². The number of carbonyl (C=O) groups excluding carboxylic acids is 1. The second-order valence-electron chi connectivity index (χ2n) is 6.01. The fourth-order valence-electron chi connectivity index (χ4n) is 1.91. The van der Waals surface area contributed by atoms with Gasteiger partial charge in [-0.15, -0.1) is 0 Å². The number of amides is 1. The van der Waals surface area contributed by atoms with Crippen LogP contribution in [0.1, 0.15) is 46.5 Å². The van der Waals surface area contributed by atoms with Crippen molar-refractivity contribution in [2.45, 2.75) is 46.5 Å². The standard InChI is InChI=1S/C14H26N2O/c1-14(2,3)8-4-5-13(17)16-11-12-6-9-15-10-7-12/h6,15H,4-5,7-11H2,1-3H3,(H,16,17). The summed E-state index contributed by atoms with van der Waals surface area (Å²) >= 11 is 0. The second kappa shape index (κ2) is 6.80. The van der Waals surface area contributed by atoms with Gasteiger partial charge < -0.3 is 10.6 Å². The van der Waals surface area contributed by atoms with E-state index in [2.05, 4.69) is 37.5 Å². The third-order valence-corrected chi connectivity index (χ3v) is 3.00. The molecule has 0 spiro atoms. The van der Waals surface area contributed by atoms with E-state index in [1.54, 1.807) is 0 Å². The van der Waals surface area contributed by atoms with Gasteiger partial charge in [0.1, 0.15) is 0 Å². The smallest absolute Gasteiger partial charge is 0.220 e. The largest absolute Gasteiger partial charge is 0.352 e. The Balaban J connectivity index is 2.11. The summed E-state index contributed by atoms with van der Waals surface area (Å²) in [6.07, 6.45) is 5.98. The Hall–Kier alpha value is -0.830. The SMILES string of the molecule is CC(C)(C)CCCC(=O)NCC1=CCNCC1. The first-order valence-electron chi connectivity index (χ1n) is 6.63. The van der Waals surface area contributed by atoms with Crippen LogP contribution >= 0.6 is 0 Å². The van der Waals surface area contributed by atoms with E-state index in [1.165, 1.54) is 5.57 Å². The molecule has 0 saturated carbocycles. The third-order valence-electron chi connectivity index (χ3n) is 3.00. The lowest BCUT2D eigenvalue weighted by Gasteiger charge is -2.18. The first kappa shape index (κ1) is 14.2. The van der Waals surface area contributed by atoms with E-state index in [-0.39, 0.29) is 5.91 Å². The van der Waals surface area contributed by atoms with Crippen LogP contribution < -0.4 is 10.6 Å². The number of hydrogen-bond donors (Lipinski definition) is 2. The molecule has 0 unspecified atom stereocenters. The lowest BCUT2D eigenvalue weighted by atomic mass is 9.90. The van der Waals surface area contributed by atoms with Gasteiger partial charge in [-0.05, 0) is 31.2 Å². The first-order chi connectivity index (χ1) is 7.97. The van der Waals surface area contributed by atoms with Crippen LogP contribution in [0.4, 0.5) is 0 Å². The van der Waals surface area contributed by atoms with Crippen molar-refractivity contribution in [3.8, 4) is 0 Å². The van der Waals surface area contributed by atoms with E-state index >= 15 is 0 Å². The molecular weight excluding hydrogens is 212 g/mol. The summed E-state index contributed by atoms with van der Waals surface area (Å²) in [4.78, 5) is 11.6. The van der Waals surface area contributed by atoms with Crippen molar-refractivity contribution in [3.63, 3.8) is 0 Å². The Morgan fingerprint density at radius 3 is 2.82 bits per heavy atom. The lowest BCUT2D eigenvalue weighted by Crippen LogP contribution is -2.29. The average molecular weight is 238 g/mol. The molecule has 0 radical (unpaired) electrons. The van der Waals surface area contributed by atoms with Crippen LogP contribution in [0, 0.1) is 5.41 Å². The van der Waals surface area contributed by atoms with Gasteiger partial charge in [0.25, 0.3) is 0 Å². The quantitative estimate of drug-likeness (QED) is 0.721. The molecule has 0 aromatic carbocycles. The molecule has 1 amide bonds. The summed E-state index contributed by atoms with van der Waals surface area (Å²) in [5, 5.41) is 6.27. The Labute approximate surface area is 105 Å². The Morgan fingerprint density at radius 2 is 2.24 bits per heavy atom. The molecular formula is C14H26N2O. The fourth-order valence-corrected chi connectivity index (χ4v) is 1.91. The molecule has 0 fully saturated rings. The predicted molar refractivity (Wildman–Crippen MR) is 71.9 cm³/mol. The van der Waals surface area contributed by atoms with Crippen molar-refractivity contribution < 1.29 is 4.79 Å². The summed E-state index contributed by atoms with van der Waals surface area (Å²) in [6.45, 7) is 9.34. The third kappa shape index (κ3) is 7.16. The van der Waals surface area contributed by atoms with E-state index in [0.717, 1.165) is 38.9 Å². The Bertz CT molecular complexity index is 276. The zero-order chi connectivity index (χ0) is 12.7. The zero-order valence-corrected chi connectivity index (χ0v) is 11.4. The molecule has 0 saturated heterocycles. The minimum atomic E-state index is 0.189. The predicted octanol–water partition coefficient (Wildman–Crippen LogP) is 2.24. The molecule has 1 aliphatic heterocycles. The van der Waals surface area contributed by atoms with Crippen LogP contribution in [0.2, 0.25) is 0 Å². The van der Waals surface area contributed by atoms with Gasteiger partial charge in [0.15, 0.2) is 0 Å². The Kier molecular flexibility index (Phi) is 5.69. The fraction of sp³-hybridized carbons (Fsp3) is 0.786. The molecule has 0 aromatic rings. The minimum Gasteiger partial charge on any atom is -0.352 e. The van der Waals surface area contributed by atoms with Gasteiger partial charge >= 0.3 is 0 Å². The van der Waals surface area contributed by atoms with Gasteiger partial charge in [0.05, 0.1) is 0 Å². The zero-order valence-electron chi connectivity index (χ0n) is 11.4. The normalized spacial score (nSPS) is 16.5. The highest BCUT2D eigenvalue weighted by Crippen LogP contribution is 2.21. The average Bonchev–Trinajstić information content (AvgIpc) is 2.26. The molecule has 0 atom stereocenters. The van der Waals surface area contributed by atoms with E-state index < -0.39 is 0 Å². The van der Waals surface area contributed by atoms with Gasteiger partial charge in [-0.1, -0.05) is 32.4 Å². The second-order valence-corrected chi connectivity index (χ2v) is 6.01. The van der Waals surface area contributed by atoms with Crippen LogP contribution in [0.15, 0.2) is 11.6 Å². The van der Waals surface area contributed by atoms with Gasteiger partial charge in [-0.2, -0.15) is 0 Å². The van der Waals surface area contributed by atoms with Crippen molar-refractivity contribution in [3.05, 3.63) is 11.6 Å². The summed E-state index contributed by atoms with van der Waals surface area (Å²) in [5.74, 6) is 0.189. The maximum Gasteiger partial charge on any atom is 0.220 e. The summed E-state index contributed by atoms with van der Waals surface area (Å²) in [5.41, 5.74) is 1.69. The van der Waals surface area contributed by atoms with Crippen LogP contribution in [-0.4, -0.2) is 25.5 Å². The summed E-state index contributed by atoms with van der Waals surface area (Å²) in [7, 11) is 0. The van der Waals surface area contributed by atoms with Crippen molar-refractivity contribution in [1.29, 1.82) is 0 Å². The van der Waals surface area contributed by atoms with Crippen molar-refractivity contribution in [1.82, 2.24) is 10.6 Å². The maximum atomic E-state index is 11.6. The summed E-state index contributed by atoms with van der Waals surface area (Å²) in [6, 6.07) is 0. The molecule has 1 rings (SSSR count). The van der Waals surface area contributed by atoms with E-state index in [0.29, 0.717) is 11.8 Å². The number of rotatable bonds is 5. The van der Waals surface area contributed by atoms with Gasteiger partial charge in [-0.3, -0.25) is 4.79 Å². The number of nitrogens with one attached hydrogen (secondary N) is 2. The van der Waals surface area contributed by atoms with Crippen LogP contribution in [0.3, 0.4) is 0 Å². The Morgan fingerprint density at radius 1 is 1.47 bits per heavy atom. The van der Waals surface area contributed by atoms with Crippen LogP contribution in [0.5, 0.6) is 0 Å². The lowest BCUT2D eigenvalue weighted by molar-refractivity contribution is -0.121. The molecule has 3 heteroatoms. The van der Waals surface area contributed by atoms with Gasteiger partial charge in [0.2, 0.25) is 5.91 Å². The number of carbonyl (C=O) groups is 1. The highest BCUT2D eigenvalue weighted by molar-refractivity contribution is 5.76. The summed E-state index contributed by atoms with van der Waals surface area (Å²) < 4.78 is 0. The first-order valence-corrected chi connectivity index (χ1v) is 6.63. The van der Waals surface area contributed by atoms with E-state index in [4.69, 9.17) is 0 Å².